The molecule has 1 saturated heterocycles. The van der Waals surface area contributed by atoms with Gasteiger partial charge in [0.1, 0.15) is 11.4 Å². The summed E-state index contributed by atoms with van der Waals surface area (Å²) in [7, 11) is 0. The average Bonchev–Trinajstić information content (AvgIpc) is 3.29. The fraction of sp³-hybridized carbons (Fsp3) is 0.500. The first-order chi connectivity index (χ1) is 13.9. The Morgan fingerprint density at radius 3 is 2.93 bits per heavy atom. The van der Waals surface area contributed by atoms with Crippen LogP contribution >= 0.6 is 11.8 Å². The van der Waals surface area contributed by atoms with Crippen LogP contribution in [0.3, 0.4) is 0 Å². The SMILES string of the molecule is CC1CSc2c(C(=O)O)c(=O)c3cc(F)c(N4CCC(CNCCO)C4)cc3n21. The van der Waals surface area contributed by atoms with Gasteiger partial charge in [-0.15, -0.1) is 11.8 Å². The molecule has 2 aliphatic rings. The number of carboxylic acid groups (broad SMARTS) is 1. The smallest absolute Gasteiger partial charge is 0.342 e. The van der Waals surface area contributed by atoms with Gasteiger partial charge in [0.25, 0.3) is 0 Å². The Balaban J connectivity index is 1.76. The average molecular weight is 421 g/mol. The van der Waals surface area contributed by atoms with Crippen LogP contribution in [0.2, 0.25) is 0 Å². The summed E-state index contributed by atoms with van der Waals surface area (Å²) in [5.74, 6) is -0.749. The lowest BCUT2D eigenvalue weighted by molar-refractivity contribution is 0.0690. The summed E-state index contributed by atoms with van der Waals surface area (Å²) >= 11 is 1.36. The summed E-state index contributed by atoms with van der Waals surface area (Å²) in [4.78, 5) is 26.5. The van der Waals surface area contributed by atoms with Gasteiger partial charge in [-0.2, -0.15) is 0 Å². The number of aromatic carboxylic acids is 1. The third-order valence-electron chi connectivity index (χ3n) is 5.69. The van der Waals surface area contributed by atoms with E-state index in [1.54, 1.807) is 6.07 Å². The van der Waals surface area contributed by atoms with Crippen LogP contribution in [0.15, 0.2) is 22.0 Å². The number of carboxylic acids is 1. The quantitative estimate of drug-likeness (QED) is 0.614. The van der Waals surface area contributed by atoms with E-state index in [1.807, 2.05) is 16.4 Å². The first-order valence-corrected chi connectivity index (χ1v) is 10.7. The number of carbonyl (C=O) groups is 1. The molecule has 2 unspecified atom stereocenters. The molecule has 29 heavy (non-hydrogen) atoms. The molecule has 0 aliphatic carbocycles. The van der Waals surface area contributed by atoms with Crippen molar-refractivity contribution in [1.29, 1.82) is 0 Å². The van der Waals surface area contributed by atoms with Gasteiger partial charge in [-0.25, -0.2) is 9.18 Å². The number of nitrogens with one attached hydrogen (secondary N) is 1. The lowest BCUT2D eigenvalue weighted by atomic mass is 10.1. The number of fused-ring (bicyclic) bond motifs is 3. The number of hydrogen-bond acceptors (Lipinski definition) is 6. The van der Waals surface area contributed by atoms with Crippen molar-refractivity contribution in [3.63, 3.8) is 0 Å². The zero-order chi connectivity index (χ0) is 20.7. The third kappa shape index (κ3) is 3.51. The number of halogens is 1. The lowest BCUT2D eigenvalue weighted by Crippen LogP contribution is -2.28. The van der Waals surface area contributed by atoms with E-state index in [4.69, 9.17) is 5.11 Å². The maximum Gasteiger partial charge on any atom is 0.342 e. The highest BCUT2D eigenvalue weighted by Crippen LogP contribution is 2.39. The van der Waals surface area contributed by atoms with Crippen LogP contribution in [0.4, 0.5) is 10.1 Å². The summed E-state index contributed by atoms with van der Waals surface area (Å²) in [5, 5.41) is 22.2. The van der Waals surface area contributed by atoms with E-state index >= 15 is 0 Å². The van der Waals surface area contributed by atoms with Crippen molar-refractivity contribution >= 4 is 34.3 Å². The van der Waals surface area contributed by atoms with E-state index in [1.165, 1.54) is 17.8 Å². The number of aliphatic hydroxyl groups excluding tert-OH is 1. The first-order valence-electron chi connectivity index (χ1n) is 9.76. The molecule has 0 spiro atoms. The second kappa shape index (κ2) is 7.97. The van der Waals surface area contributed by atoms with Crippen LogP contribution in [0.5, 0.6) is 0 Å². The molecule has 7 nitrogen and oxygen atoms in total. The summed E-state index contributed by atoms with van der Waals surface area (Å²) < 4.78 is 16.8. The van der Waals surface area contributed by atoms with Gasteiger partial charge in [0.05, 0.1) is 22.8 Å². The molecule has 1 aromatic heterocycles. The van der Waals surface area contributed by atoms with Crippen LogP contribution in [0, 0.1) is 11.7 Å². The summed E-state index contributed by atoms with van der Waals surface area (Å²) in [6, 6.07) is 2.91. The highest BCUT2D eigenvalue weighted by Gasteiger charge is 2.31. The van der Waals surface area contributed by atoms with E-state index in [0.29, 0.717) is 47.5 Å². The Hall–Kier alpha value is -2.10. The largest absolute Gasteiger partial charge is 0.477 e. The molecular weight excluding hydrogens is 397 g/mol. The number of rotatable bonds is 6. The Morgan fingerprint density at radius 2 is 2.21 bits per heavy atom. The highest BCUT2D eigenvalue weighted by molar-refractivity contribution is 7.99. The lowest BCUT2D eigenvalue weighted by Gasteiger charge is -2.22. The van der Waals surface area contributed by atoms with Crippen LogP contribution < -0.4 is 15.6 Å². The minimum Gasteiger partial charge on any atom is -0.477 e. The second-order valence-corrected chi connectivity index (χ2v) is 8.70. The van der Waals surface area contributed by atoms with Crippen molar-refractivity contribution in [2.45, 2.75) is 24.4 Å². The Morgan fingerprint density at radius 1 is 1.41 bits per heavy atom. The number of benzene rings is 1. The molecule has 3 N–H and O–H groups in total. The van der Waals surface area contributed by atoms with Crippen LogP contribution in [-0.4, -0.2) is 59.3 Å². The zero-order valence-electron chi connectivity index (χ0n) is 16.2. The molecule has 0 radical (unpaired) electrons. The second-order valence-electron chi connectivity index (χ2n) is 7.69. The van der Waals surface area contributed by atoms with Gasteiger partial charge in [-0.3, -0.25) is 4.79 Å². The summed E-state index contributed by atoms with van der Waals surface area (Å²) in [6.45, 7) is 4.76. The van der Waals surface area contributed by atoms with Crippen LogP contribution in [0.25, 0.3) is 10.9 Å². The molecule has 0 bridgehead atoms. The summed E-state index contributed by atoms with van der Waals surface area (Å²) in [5.41, 5.74) is 0.141. The number of pyridine rings is 1. The van der Waals surface area contributed by atoms with Gasteiger partial charge in [0, 0.05) is 36.8 Å². The van der Waals surface area contributed by atoms with E-state index in [0.717, 1.165) is 13.0 Å². The van der Waals surface area contributed by atoms with E-state index in [2.05, 4.69) is 5.32 Å². The van der Waals surface area contributed by atoms with Gasteiger partial charge in [0.2, 0.25) is 5.43 Å². The minimum absolute atomic E-state index is 0.0171. The predicted molar refractivity (Wildman–Crippen MR) is 111 cm³/mol. The Bertz CT molecular complexity index is 1030. The maximum atomic E-state index is 15.0. The van der Waals surface area contributed by atoms with Crippen molar-refractivity contribution in [2.75, 3.05) is 43.4 Å². The van der Waals surface area contributed by atoms with Crippen LogP contribution in [0.1, 0.15) is 29.7 Å². The van der Waals surface area contributed by atoms with Gasteiger partial charge >= 0.3 is 5.97 Å². The van der Waals surface area contributed by atoms with Crippen molar-refractivity contribution in [3.05, 3.63) is 33.7 Å². The number of aromatic nitrogens is 1. The van der Waals surface area contributed by atoms with E-state index in [-0.39, 0.29) is 23.6 Å². The fourth-order valence-electron chi connectivity index (χ4n) is 4.28. The molecule has 2 atom stereocenters. The molecule has 1 fully saturated rings. The molecule has 4 rings (SSSR count). The summed E-state index contributed by atoms with van der Waals surface area (Å²) in [6.07, 6.45) is 0.915. The number of aliphatic hydroxyl groups is 1. The zero-order valence-corrected chi connectivity index (χ0v) is 17.0. The molecule has 1 aromatic carbocycles. The normalized spacial score (nSPS) is 21.1. The van der Waals surface area contributed by atoms with Crippen molar-refractivity contribution in [1.82, 2.24) is 9.88 Å². The standard InChI is InChI=1S/C20H24FN3O4S/c1-11-10-29-19-17(20(27)28)18(26)13-6-14(21)16(7-15(13)24(11)19)23-4-2-12(9-23)8-22-3-5-25/h6-7,11-12,22,25H,2-5,8-10H2,1H3,(H,27,28). The first kappa shape index (κ1) is 20.2. The molecule has 156 valence electrons. The minimum atomic E-state index is -1.27. The monoisotopic (exact) mass is 421 g/mol. The maximum absolute atomic E-state index is 15.0. The predicted octanol–water partition coefficient (Wildman–Crippen LogP) is 1.91. The topological polar surface area (TPSA) is 94.8 Å². The molecule has 3 heterocycles. The Labute approximate surface area is 171 Å². The molecule has 9 heteroatoms. The fourth-order valence-corrected chi connectivity index (χ4v) is 5.57. The third-order valence-corrected chi connectivity index (χ3v) is 7.02. The highest BCUT2D eigenvalue weighted by atomic mass is 32.2. The molecule has 2 aromatic rings. The van der Waals surface area contributed by atoms with Gasteiger partial charge in [0.15, 0.2) is 0 Å². The van der Waals surface area contributed by atoms with Crippen molar-refractivity contribution in [2.24, 2.45) is 5.92 Å². The van der Waals surface area contributed by atoms with Gasteiger partial charge < -0.3 is 25.0 Å². The number of anilines is 1. The molecule has 2 aliphatic heterocycles. The van der Waals surface area contributed by atoms with Crippen molar-refractivity contribution < 1.29 is 19.4 Å². The number of thioether (sulfide) groups is 1. The number of hydrogen-bond donors (Lipinski definition) is 3. The van der Waals surface area contributed by atoms with E-state index in [9.17, 15) is 19.1 Å². The van der Waals surface area contributed by atoms with Gasteiger partial charge in [-0.05, 0) is 37.9 Å². The van der Waals surface area contributed by atoms with Gasteiger partial charge in [-0.1, -0.05) is 0 Å². The number of nitrogens with zero attached hydrogens (tertiary/aromatic N) is 2. The molecule has 0 amide bonds. The Kier molecular flexibility index (Phi) is 5.54. The molecular formula is C20H24FN3O4S. The van der Waals surface area contributed by atoms with Crippen LogP contribution in [-0.2, 0) is 0 Å². The van der Waals surface area contributed by atoms with E-state index < -0.39 is 17.2 Å². The molecule has 0 saturated carbocycles. The van der Waals surface area contributed by atoms with Crippen molar-refractivity contribution in [3.8, 4) is 0 Å².